The Morgan fingerprint density at radius 1 is 1.45 bits per heavy atom. The van der Waals surface area contributed by atoms with Crippen LogP contribution in [0.5, 0.6) is 0 Å². The highest BCUT2D eigenvalue weighted by molar-refractivity contribution is 6.32. The number of hydrogen-bond acceptors (Lipinski definition) is 2. The van der Waals surface area contributed by atoms with Gasteiger partial charge in [-0.3, -0.25) is 9.59 Å². The van der Waals surface area contributed by atoms with E-state index in [4.69, 9.17) is 16.7 Å². The Morgan fingerprint density at radius 2 is 2.15 bits per heavy atom. The summed E-state index contributed by atoms with van der Waals surface area (Å²) in [6, 6.07) is 4.20. The van der Waals surface area contributed by atoms with Gasteiger partial charge >= 0.3 is 5.97 Å². The third kappa shape index (κ3) is 3.57. The first-order chi connectivity index (χ1) is 9.49. The molecule has 1 aromatic carbocycles. The van der Waals surface area contributed by atoms with Gasteiger partial charge in [0.25, 0.3) is 0 Å². The molecule has 0 aliphatic heterocycles. The highest BCUT2D eigenvalue weighted by Gasteiger charge is 2.32. The van der Waals surface area contributed by atoms with E-state index in [0.717, 1.165) is 18.9 Å². The van der Waals surface area contributed by atoms with Gasteiger partial charge in [-0.2, -0.15) is 0 Å². The number of carbonyl (C=O) groups is 2. The summed E-state index contributed by atoms with van der Waals surface area (Å²) in [5, 5.41) is 8.98. The van der Waals surface area contributed by atoms with Crippen LogP contribution < -0.4 is 0 Å². The molecule has 0 bridgehead atoms. The molecule has 1 amide bonds. The topological polar surface area (TPSA) is 57.6 Å². The molecule has 4 nitrogen and oxygen atoms in total. The number of amides is 1. The van der Waals surface area contributed by atoms with Gasteiger partial charge < -0.3 is 10.0 Å². The van der Waals surface area contributed by atoms with Crippen molar-refractivity contribution in [1.82, 2.24) is 4.90 Å². The highest BCUT2D eigenvalue weighted by atomic mass is 35.5. The Balaban J connectivity index is 2.13. The zero-order valence-corrected chi connectivity index (χ0v) is 11.3. The van der Waals surface area contributed by atoms with Crippen molar-refractivity contribution in [2.45, 2.75) is 18.9 Å². The van der Waals surface area contributed by atoms with Crippen LogP contribution in [-0.2, 0) is 9.59 Å². The average Bonchev–Trinajstić information content (AvgIpc) is 3.19. The van der Waals surface area contributed by atoms with Crippen LogP contribution in [0.25, 0.3) is 6.08 Å². The van der Waals surface area contributed by atoms with Crippen LogP contribution in [0.2, 0.25) is 5.02 Å². The molecule has 1 aliphatic carbocycles. The van der Waals surface area contributed by atoms with Crippen molar-refractivity contribution in [1.29, 1.82) is 0 Å². The largest absolute Gasteiger partial charge is 0.480 e. The van der Waals surface area contributed by atoms with Crippen LogP contribution in [0.1, 0.15) is 18.4 Å². The maximum absolute atomic E-state index is 13.5. The minimum Gasteiger partial charge on any atom is -0.480 e. The normalized spacial score (nSPS) is 14.5. The number of halogens is 2. The van der Waals surface area contributed by atoms with Crippen molar-refractivity contribution >= 4 is 29.6 Å². The molecule has 0 saturated heterocycles. The molecule has 1 aromatic rings. The molecule has 0 unspecified atom stereocenters. The third-order valence-corrected chi connectivity index (χ3v) is 3.30. The molecule has 106 valence electrons. The summed E-state index contributed by atoms with van der Waals surface area (Å²) in [4.78, 5) is 24.0. The quantitative estimate of drug-likeness (QED) is 0.850. The number of carboxylic acid groups (broad SMARTS) is 1. The van der Waals surface area contributed by atoms with Gasteiger partial charge in [0.05, 0.1) is 5.02 Å². The molecule has 0 heterocycles. The number of rotatable bonds is 5. The number of aliphatic carboxylic acids is 1. The van der Waals surface area contributed by atoms with Crippen molar-refractivity contribution < 1.29 is 19.1 Å². The molecular weight excluding hydrogens is 285 g/mol. The van der Waals surface area contributed by atoms with Crippen molar-refractivity contribution in [2.24, 2.45) is 0 Å². The van der Waals surface area contributed by atoms with Gasteiger partial charge in [-0.15, -0.1) is 0 Å². The van der Waals surface area contributed by atoms with E-state index < -0.39 is 17.7 Å². The number of carboxylic acids is 1. The standard InChI is InChI=1S/C14H13ClFNO3/c15-11-2-1-3-12(16)10(11)6-7-13(18)17(8-14(19)20)9-4-5-9/h1-3,6-7,9H,4-5,8H2,(H,19,20). The van der Waals surface area contributed by atoms with E-state index >= 15 is 0 Å². The van der Waals surface area contributed by atoms with Crippen LogP contribution in [0.15, 0.2) is 24.3 Å². The maximum Gasteiger partial charge on any atom is 0.323 e. The highest BCUT2D eigenvalue weighted by Crippen LogP contribution is 2.27. The van der Waals surface area contributed by atoms with E-state index in [9.17, 15) is 14.0 Å². The Labute approximate surface area is 120 Å². The van der Waals surface area contributed by atoms with Crippen molar-refractivity contribution in [3.05, 3.63) is 40.7 Å². The van der Waals surface area contributed by atoms with Crippen LogP contribution >= 0.6 is 11.6 Å². The van der Waals surface area contributed by atoms with E-state index in [-0.39, 0.29) is 23.2 Å². The number of hydrogen-bond donors (Lipinski definition) is 1. The molecule has 1 N–H and O–H groups in total. The summed E-state index contributed by atoms with van der Waals surface area (Å²) in [7, 11) is 0. The molecule has 0 atom stereocenters. The fraction of sp³-hybridized carbons (Fsp3) is 0.286. The smallest absolute Gasteiger partial charge is 0.323 e. The zero-order chi connectivity index (χ0) is 14.7. The molecule has 0 aromatic heterocycles. The molecule has 0 spiro atoms. The van der Waals surface area contributed by atoms with E-state index in [1.165, 1.54) is 29.2 Å². The third-order valence-electron chi connectivity index (χ3n) is 2.97. The number of carbonyl (C=O) groups excluding carboxylic acids is 1. The lowest BCUT2D eigenvalue weighted by Crippen LogP contribution is -2.36. The lowest BCUT2D eigenvalue weighted by Gasteiger charge is -2.18. The second-order valence-corrected chi connectivity index (χ2v) is 4.97. The maximum atomic E-state index is 13.5. The van der Waals surface area contributed by atoms with Crippen molar-refractivity contribution in [2.75, 3.05) is 6.54 Å². The van der Waals surface area contributed by atoms with Gasteiger partial charge in [0, 0.05) is 17.7 Å². The van der Waals surface area contributed by atoms with E-state index in [0.29, 0.717) is 0 Å². The van der Waals surface area contributed by atoms with Crippen molar-refractivity contribution in [3.8, 4) is 0 Å². The first-order valence-corrected chi connectivity index (χ1v) is 6.51. The molecule has 1 aliphatic rings. The first kappa shape index (κ1) is 14.5. The van der Waals surface area contributed by atoms with Gasteiger partial charge in [-0.25, -0.2) is 4.39 Å². The lowest BCUT2D eigenvalue weighted by atomic mass is 10.2. The fourth-order valence-corrected chi connectivity index (χ4v) is 2.07. The fourth-order valence-electron chi connectivity index (χ4n) is 1.84. The van der Waals surface area contributed by atoms with E-state index in [1.54, 1.807) is 0 Å². The zero-order valence-electron chi connectivity index (χ0n) is 10.6. The summed E-state index contributed by atoms with van der Waals surface area (Å²) in [6.07, 6.45) is 4.03. The molecule has 1 fully saturated rings. The molecule has 0 radical (unpaired) electrons. The summed E-state index contributed by atoms with van der Waals surface area (Å²) < 4.78 is 13.5. The monoisotopic (exact) mass is 297 g/mol. The predicted octanol–water partition coefficient (Wildman–Crippen LogP) is 2.57. The predicted molar refractivity (Wildman–Crippen MR) is 72.8 cm³/mol. The molecule has 1 saturated carbocycles. The summed E-state index contributed by atoms with van der Waals surface area (Å²) >= 11 is 5.84. The second kappa shape index (κ2) is 6.05. The minimum atomic E-state index is -1.07. The molecule has 2 rings (SSSR count). The Morgan fingerprint density at radius 3 is 2.70 bits per heavy atom. The lowest BCUT2D eigenvalue weighted by molar-refractivity contribution is -0.143. The second-order valence-electron chi connectivity index (χ2n) is 4.56. The van der Waals surface area contributed by atoms with Gasteiger partial charge in [0.1, 0.15) is 12.4 Å². The van der Waals surface area contributed by atoms with Crippen LogP contribution in [-0.4, -0.2) is 34.5 Å². The Kier molecular flexibility index (Phi) is 4.39. The van der Waals surface area contributed by atoms with Crippen LogP contribution in [0, 0.1) is 5.82 Å². The summed E-state index contributed by atoms with van der Waals surface area (Å²) in [5.41, 5.74) is 0.119. The summed E-state index contributed by atoms with van der Waals surface area (Å²) in [5.74, 6) is -2.05. The summed E-state index contributed by atoms with van der Waals surface area (Å²) in [6.45, 7) is -0.348. The molecule has 6 heteroatoms. The van der Waals surface area contributed by atoms with E-state index in [1.807, 2.05) is 0 Å². The average molecular weight is 298 g/mol. The van der Waals surface area contributed by atoms with Gasteiger partial charge in [-0.05, 0) is 31.1 Å². The SMILES string of the molecule is O=C(O)CN(C(=O)C=Cc1c(F)cccc1Cl)C1CC1. The Bertz CT molecular complexity index is 549. The van der Waals surface area contributed by atoms with Crippen molar-refractivity contribution in [3.63, 3.8) is 0 Å². The number of nitrogens with zero attached hydrogens (tertiary/aromatic N) is 1. The van der Waals surface area contributed by atoms with E-state index in [2.05, 4.69) is 0 Å². The van der Waals surface area contributed by atoms with Gasteiger partial charge in [0.2, 0.25) is 5.91 Å². The molecular formula is C14H13ClFNO3. The van der Waals surface area contributed by atoms with Gasteiger partial charge in [-0.1, -0.05) is 17.7 Å². The number of benzene rings is 1. The van der Waals surface area contributed by atoms with Gasteiger partial charge in [0.15, 0.2) is 0 Å². The minimum absolute atomic E-state index is 0.0284. The van der Waals surface area contributed by atoms with Crippen LogP contribution in [0.4, 0.5) is 4.39 Å². The Hall–Kier alpha value is -1.88. The molecule has 20 heavy (non-hydrogen) atoms. The first-order valence-electron chi connectivity index (χ1n) is 6.13. The van der Waals surface area contributed by atoms with Crippen LogP contribution in [0.3, 0.4) is 0 Å².